The fraction of sp³-hybridized carbons (Fsp3) is 0.281. The van der Waals surface area contributed by atoms with Gasteiger partial charge in [0.1, 0.15) is 17.0 Å². The molecule has 1 aliphatic rings. The van der Waals surface area contributed by atoms with Crippen LogP contribution >= 0.6 is 11.6 Å². The van der Waals surface area contributed by atoms with Crippen molar-refractivity contribution in [1.29, 1.82) is 0 Å². The van der Waals surface area contributed by atoms with Gasteiger partial charge in [-0.25, -0.2) is 4.79 Å². The topological polar surface area (TPSA) is 85.2 Å². The fourth-order valence-corrected chi connectivity index (χ4v) is 4.81. The number of carbonyl (C=O) groups excluding carboxylic acids is 1. The first-order valence-electron chi connectivity index (χ1n) is 13.1. The number of halogens is 1. The molecule has 1 atom stereocenters. The van der Waals surface area contributed by atoms with Crippen molar-refractivity contribution in [3.05, 3.63) is 94.0 Å². The van der Waals surface area contributed by atoms with E-state index in [2.05, 4.69) is 4.99 Å². The van der Waals surface area contributed by atoms with Gasteiger partial charge in [-0.2, -0.15) is 0 Å². The maximum Gasteiger partial charge on any atom is 0.335 e. The summed E-state index contributed by atoms with van der Waals surface area (Å²) in [4.78, 5) is 30.2. The number of hydrogen-bond acceptors (Lipinski definition) is 5. The summed E-state index contributed by atoms with van der Waals surface area (Å²) in [5, 5.41) is 9.82. The number of Topliss-reactive ketones (excluding diaryl/α,β-unsaturated/α-hetero) is 1. The van der Waals surface area contributed by atoms with E-state index < -0.39 is 11.5 Å². The number of aryl methyl sites for hydroxylation is 1. The molecule has 3 aromatic carbocycles. The predicted molar refractivity (Wildman–Crippen MR) is 155 cm³/mol. The Morgan fingerprint density at radius 2 is 1.74 bits per heavy atom. The summed E-state index contributed by atoms with van der Waals surface area (Å²) in [5.74, 6) is 0.0531. The Morgan fingerprint density at radius 3 is 2.41 bits per heavy atom. The van der Waals surface area contributed by atoms with Gasteiger partial charge in [0.15, 0.2) is 5.78 Å². The first-order chi connectivity index (χ1) is 18.8. The lowest BCUT2D eigenvalue weighted by atomic mass is 9.83. The maximum absolute atomic E-state index is 14.0. The van der Waals surface area contributed by atoms with E-state index in [0.29, 0.717) is 35.3 Å². The van der Waals surface area contributed by atoms with E-state index in [4.69, 9.17) is 21.1 Å². The number of carbonyl (C=O) groups is 2. The lowest BCUT2D eigenvalue weighted by Crippen LogP contribution is -2.36. The monoisotopic (exact) mass is 545 g/mol. The molecule has 0 aliphatic carbocycles. The highest BCUT2D eigenvalue weighted by molar-refractivity contribution is 6.34. The number of aliphatic imine (C=N–C) groups is 1. The van der Waals surface area contributed by atoms with E-state index in [1.165, 1.54) is 0 Å². The highest BCUT2D eigenvalue weighted by atomic mass is 35.5. The summed E-state index contributed by atoms with van der Waals surface area (Å²) in [6, 6.07) is 15.9. The first-order valence-corrected chi connectivity index (χ1v) is 13.5. The van der Waals surface area contributed by atoms with Crippen LogP contribution in [0.2, 0.25) is 5.02 Å². The zero-order valence-electron chi connectivity index (χ0n) is 22.4. The molecule has 1 heterocycles. The predicted octanol–water partition coefficient (Wildman–Crippen LogP) is 7.40. The number of ketones is 1. The minimum Gasteiger partial charge on any atom is -0.494 e. The Kier molecular flexibility index (Phi) is 8.87. The second-order valence-corrected chi connectivity index (χ2v) is 9.97. The molecule has 0 saturated heterocycles. The molecule has 7 heteroatoms. The number of nitrogens with zero attached hydrogens (tertiary/aromatic N) is 1. The first kappa shape index (κ1) is 28.1. The number of hydrogen-bond donors (Lipinski definition) is 1. The largest absolute Gasteiger partial charge is 0.494 e. The Bertz CT molecular complexity index is 1430. The van der Waals surface area contributed by atoms with Crippen molar-refractivity contribution >= 4 is 29.6 Å². The molecule has 4 rings (SSSR count). The molecule has 6 nitrogen and oxygen atoms in total. The number of aromatic carboxylic acids is 1. The zero-order chi connectivity index (χ0) is 28.0. The number of carboxylic acids is 1. The van der Waals surface area contributed by atoms with Crippen LogP contribution in [0.4, 0.5) is 0 Å². The van der Waals surface area contributed by atoms with Gasteiger partial charge in [-0.1, -0.05) is 37.6 Å². The maximum atomic E-state index is 14.0. The van der Waals surface area contributed by atoms with E-state index in [1.54, 1.807) is 54.8 Å². The summed E-state index contributed by atoms with van der Waals surface area (Å²) in [6.45, 7) is 7.06. The molecule has 1 aliphatic heterocycles. The molecule has 0 radical (unpaired) electrons. The van der Waals surface area contributed by atoms with Crippen LogP contribution in [0.25, 0.3) is 11.1 Å². The lowest BCUT2D eigenvalue weighted by Gasteiger charge is -2.25. The van der Waals surface area contributed by atoms with Gasteiger partial charge in [-0.15, -0.1) is 0 Å². The normalized spacial score (nSPS) is 15.9. The van der Waals surface area contributed by atoms with Gasteiger partial charge in [0.2, 0.25) is 0 Å². The number of ether oxygens (including phenoxy) is 2. The van der Waals surface area contributed by atoms with Crippen molar-refractivity contribution in [1.82, 2.24) is 0 Å². The average molecular weight is 546 g/mol. The quantitative estimate of drug-likeness (QED) is 0.240. The number of allylic oxidation sites excluding steroid dienone is 1. The Labute approximate surface area is 234 Å². The molecule has 39 heavy (non-hydrogen) atoms. The molecule has 1 unspecified atom stereocenters. The van der Waals surface area contributed by atoms with Crippen molar-refractivity contribution in [2.75, 3.05) is 13.2 Å². The van der Waals surface area contributed by atoms with Crippen LogP contribution in [-0.4, -0.2) is 41.8 Å². The Balaban J connectivity index is 1.75. The van der Waals surface area contributed by atoms with Crippen LogP contribution in [0.3, 0.4) is 0 Å². The average Bonchev–Trinajstić information content (AvgIpc) is 3.40. The van der Waals surface area contributed by atoms with Crippen LogP contribution in [0.5, 0.6) is 11.5 Å². The highest BCUT2D eigenvalue weighted by Crippen LogP contribution is 2.37. The smallest absolute Gasteiger partial charge is 0.335 e. The van der Waals surface area contributed by atoms with Crippen molar-refractivity contribution in [3.63, 3.8) is 0 Å². The molecular weight excluding hydrogens is 514 g/mol. The fourth-order valence-electron chi connectivity index (χ4n) is 4.56. The molecule has 202 valence electrons. The van der Waals surface area contributed by atoms with Crippen molar-refractivity contribution in [3.8, 4) is 22.6 Å². The molecule has 0 spiro atoms. The second kappa shape index (κ2) is 12.3. The number of benzene rings is 3. The van der Waals surface area contributed by atoms with Gasteiger partial charge < -0.3 is 14.6 Å². The van der Waals surface area contributed by atoms with E-state index in [0.717, 1.165) is 35.1 Å². The summed E-state index contributed by atoms with van der Waals surface area (Å²) in [6.07, 6.45) is 7.12. The van der Waals surface area contributed by atoms with E-state index in [1.807, 2.05) is 39.0 Å². The second-order valence-electron chi connectivity index (χ2n) is 9.56. The Hall–Kier alpha value is -3.90. The van der Waals surface area contributed by atoms with Crippen LogP contribution < -0.4 is 9.47 Å². The third-order valence-electron chi connectivity index (χ3n) is 6.59. The number of carboxylic acid groups (broad SMARTS) is 1. The Morgan fingerprint density at radius 1 is 0.974 bits per heavy atom. The lowest BCUT2D eigenvalue weighted by molar-refractivity contribution is 0.0696. The van der Waals surface area contributed by atoms with Crippen LogP contribution in [-0.2, 0) is 6.42 Å². The molecular formula is C32H32ClNO5. The van der Waals surface area contributed by atoms with Gasteiger partial charge in [-0.05, 0) is 96.6 Å². The molecule has 1 N–H and O–H groups in total. The van der Waals surface area contributed by atoms with Crippen LogP contribution in [0.15, 0.2) is 71.7 Å². The summed E-state index contributed by atoms with van der Waals surface area (Å²) < 4.78 is 11.7. The SMILES string of the molecule is CCCOc1ccc(C(=O)C2(Cc3cc(-c4cc(C(=O)O)ccc4C)ccc3OCCC)C=CC=N2)c(Cl)c1. The summed E-state index contributed by atoms with van der Waals surface area (Å²) in [7, 11) is 0. The van der Waals surface area contributed by atoms with Gasteiger partial charge >= 0.3 is 5.97 Å². The molecule has 0 bridgehead atoms. The van der Waals surface area contributed by atoms with Gasteiger partial charge in [0.25, 0.3) is 0 Å². The standard InChI is InChI=1S/C32H32ClNO5/c1-4-15-38-25-10-11-26(28(33)19-25)30(35)32(13-6-14-34-32)20-24-17-22(9-12-29(24)39-16-5-2)27-18-23(31(36)37)8-7-21(27)3/h6-14,17-19H,4-5,15-16,20H2,1-3H3,(H,36,37). The van der Waals surface area contributed by atoms with Crippen LogP contribution in [0, 0.1) is 6.92 Å². The molecule has 3 aromatic rings. The minimum atomic E-state index is -1.20. The van der Waals surface area contributed by atoms with Crippen molar-refractivity contribution in [2.45, 2.75) is 45.6 Å². The van der Waals surface area contributed by atoms with E-state index in [9.17, 15) is 14.7 Å². The molecule has 0 amide bonds. The summed E-state index contributed by atoms with van der Waals surface area (Å²) >= 11 is 6.56. The minimum absolute atomic E-state index is 0.208. The third-order valence-corrected chi connectivity index (χ3v) is 6.90. The van der Waals surface area contributed by atoms with Crippen molar-refractivity contribution < 1.29 is 24.2 Å². The molecule has 0 saturated carbocycles. The van der Waals surface area contributed by atoms with E-state index in [-0.39, 0.29) is 17.8 Å². The molecule has 0 aromatic heterocycles. The zero-order valence-corrected chi connectivity index (χ0v) is 23.1. The molecule has 0 fully saturated rings. The third kappa shape index (κ3) is 6.23. The van der Waals surface area contributed by atoms with Gasteiger partial charge in [0, 0.05) is 18.2 Å². The van der Waals surface area contributed by atoms with Crippen LogP contribution in [0.1, 0.15) is 58.5 Å². The summed E-state index contributed by atoms with van der Waals surface area (Å²) in [5.41, 5.74) is 2.73. The highest BCUT2D eigenvalue weighted by Gasteiger charge is 2.39. The van der Waals surface area contributed by atoms with E-state index >= 15 is 0 Å². The number of rotatable bonds is 12. The van der Waals surface area contributed by atoms with Crippen molar-refractivity contribution in [2.24, 2.45) is 4.99 Å². The van der Waals surface area contributed by atoms with Gasteiger partial charge in [0.05, 0.1) is 23.8 Å². The van der Waals surface area contributed by atoms with Gasteiger partial charge in [-0.3, -0.25) is 9.79 Å².